The number of methoxy groups -OCH3 is 1. The summed E-state index contributed by atoms with van der Waals surface area (Å²) in [4.78, 5) is 0. The van der Waals surface area contributed by atoms with E-state index in [2.05, 4.69) is 31.3 Å². The third-order valence-corrected chi connectivity index (χ3v) is 3.24. The van der Waals surface area contributed by atoms with Crippen molar-refractivity contribution in [3.05, 3.63) is 29.8 Å². The predicted octanol–water partition coefficient (Wildman–Crippen LogP) is 2.58. The van der Waals surface area contributed by atoms with Crippen molar-refractivity contribution in [1.82, 2.24) is 5.32 Å². The molecule has 2 heteroatoms. The Labute approximate surface area is 91.6 Å². The van der Waals surface area contributed by atoms with Gasteiger partial charge in [0.05, 0.1) is 7.11 Å². The zero-order valence-corrected chi connectivity index (χ0v) is 9.71. The molecule has 0 saturated heterocycles. The van der Waals surface area contributed by atoms with Crippen LogP contribution in [-0.2, 0) is 6.54 Å². The van der Waals surface area contributed by atoms with Crippen molar-refractivity contribution in [2.75, 3.05) is 7.11 Å². The van der Waals surface area contributed by atoms with Gasteiger partial charge in [0.15, 0.2) is 0 Å². The second-order valence-corrected chi connectivity index (χ2v) is 4.94. The molecule has 0 aromatic heterocycles. The van der Waals surface area contributed by atoms with Gasteiger partial charge in [-0.15, -0.1) is 0 Å². The number of hydrogen-bond acceptors (Lipinski definition) is 2. The molecule has 2 nitrogen and oxygen atoms in total. The third kappa shape index (κ3) is 2.32. The minimum absolute atomic E-state index is 0.488. The van der Waals surface area contributed by atoms with Crippen LogP contribution in [-0.4, -0.2) is 13.2 Å². The summed E-state index contributed by atoms with van der Waals surface area (Å²) in [5, 5.41) is 3.56. The van der Waals surface area contributed by atoms with Crippen LogP contribution in [0.4, 0.5) is 0 Å². The number of hydrogen-bond donors (Lipinski definition) is 1. The SMILES string of the molecule is COc1ccccc1CNC1CC1(C)C. The zero-order valence-electron chi connectivity index (χ0n) is 9.71. The van der Waals surface area contributed by atoms with Crippen molar-refractivity contribution in [1.29, 1.82) is 0 Å². The summed E-state index contributed by atoms with van der Waals surface area (Å²) in [5.74, 6) is 0.975. The Balaban J connectivity index is 1.93. The highest BCUT2D eigenvalue weighted by molar-refractivity contribution is 5.33. The lowest BCUT2D eigenvalue weighted by molar-refractivity contribution is 0.406. The Hall–Kier alpha value is -1.02. The van der Waals surface area contributed by atoms with E-state index in [4.69, 9.17) is 4.74 Å². The fourth-order valence-electron chi connectivity index (χ4n) is 1.90. The van der Waals surface area contributed by atoms with Gasteiger partial charge in [-0.25, -0.2) is 0 Å². The van der Waals surface area contributed by atoms with Crippen LogP contribution in [0.15, 0.2) is 24.3 Å². The lowest BCUT2D eigenvalue weighted by Crippen LogP contribution is -2.20. The minimum atomic E-state index is 0.488. The second-order valence-electron chi connectivity index (χ2n) is 4.94. The second kappa shape index (κ2) is 3.86. The summed E-state index contributed by atoms with van der Waals surface area (Å²) in [7, 11) is 1.72. The largest absolute Gasteiger partial charge is 0.496 e. The fraction of sp³-hybridized carbons (Fsp3) is 0.538. The summed E-state index contributed by atoms with van der Waals surface area (Å²) < 4.78 is 5.31. The van der Waals surface area contributed by atoms with E-state index in [1.54, 1.807) is 7.11 Å². The molecule has 1 aromatic carbocycles. The molecule has 1 unspecified atom stereocenters. The minimum Gasteiger partial charge on any atom is -0.496 e. The molecular formula is C13H19NO. The Kier molecular flexibility index (Phi) is 2.70. The molecule has 0 heterocycles. The average molecular weight is 205 g/mol. The normalized spacial score (nSPS) is 22.5. The standard InChI is InChI=1S/C13H19NO/c1-13(2)8-12(13)14-9-10-6-4-5-7-11(10)15-3/h4-7,12,14H,8-9H2,1-3H3. The smallest absolute Gasteiger partial charge is 0.123 e. The van der Waals surface area contributed by atoms with Gasteiger partial charge in [0, 0.05) is 18.2 Å². The molecule has 2 rings (SSSR count). The molecule has 0 aliphatic heterocycles. The first-order valence-electron chi connectivity index (χ1n) is 5.49. The van der Waals surface area contributed by atoms with Gasteiger partial charge >= 0.3 is 0 Å². The van der Waals surface area contributed by atoms with Crippen LogP contribution in [0.25, 0.3) is 0 Å². The third-order valence-electron chi connectivity index (χ3n) is 3.24. The number of para-hydroxylation sites is 1. The molecule has 0 spiro atoms. The monoisotopic (exact) mass is 205 g/mol. The van der Waals surface area contributed by atoms with Gasteiger partial charge < -0.3 is 10.1 Å². The van der Waals surface area contributed by atoms with Gasteiger partial charge in [-0.3, -0.25) is 0 Å². The van der Waals surface area contributed by atoms with Crippen molar-refractivity contribution >= 4 is 0 Å². The van der Waals surface area contributed by atoms with Crippen LogP contribution < -0.4 is 10.1 Å². The summed E-state index contributed by atoms with van der Waals surface area (Å²) >= 11 is 0. The van der Waals surface area contributed by atoms with Gasteiger partial charge in [-0.1, -0.05) is 32.0 Å². The van der Waals surface area contributed by atoms with Crippen molar-refractivity contribution in [2.45, 2.75) is 32.9 Å². The molecule has 1 atom stereocenters. The van der Waals surface area contributed by atoms with E-state index in [1.165, 1.54) is 12.0 Å². The molecule has 1 aromatic rings. The van der Waals surface area contributed by atoms with Crippen LogP contribution >= 0.6 is 0 Å². The molecule has 1 aliphatic rings. The van der Waals surface area contributed by atoms with Crippen LogP contribution in [0.1, 0.15) is 25.8 Å². The molecule has 0 radical (unpaired) electrons. The molecule has 82 valence electrons. The van der Waals surface area contributed by atoms with Crippen molar-refractivity contribution in [3.8, 4) is 5.75 Å². The maximum atomic E-state index is 5.31. The predicted molar refractivity (Wildman–Crippen MR) is 62.0 cm³/mol. The number of benzene rings is 1. The first-order chi connectivity index (χ1) is 7.13. The van der Waals surface area contributed by atoms with Gasteiger partial charge in [0.1, 0.15) is 5.75 Å². The Morgan fingerprint density at radius 2 is 2.07 bits per heavy atom. The van der Waals surface area contributed by atoms with E-state index in [0.29, 0.717) is 11.5 Å². The van der Waals surface area contributed by atoms with Gasteiger partial charge in [0.25, 0.3) is 0 Å². The highest BCUT2D eigenvalue weighted by Gasteiger charge is 2.45. The van der Waals surface area contributed by atoms with Crippen molar-refractivity contribution in [2.24, 2.45) is 5.41 Å². The van der Waals surface area contributed by atoms with E-state index in [0.717, 1.165) is 12.3 Å². The molecule has 1 aliphatic carbocycles. The highest BCUT2D eigenvalue weighted by atomic mass is 16.5. The molecule has 1 N–H and O–H groups in total. The quantitative estimate of drug-likeness (QED) is 0.815. The van der Waals surface area contributed by atoms with Gasteiger partial charge in [-0.05, 0) is 17.9 Å². The molecule has 15 heavy (non-hydrogen) atoms. The highest BCUT2D eigenvalue weighted by Crippen LogP contribution is 2.44. The zero-order chi connectivity index (χ0) is 10.9. The van der Waals surface area contributed by atoms with E-state index in [9.17, 15) is 0 Å². The lowest BCUT2D eigenvalue weighted by atomic mass is 10.1. The van der Waals surface area contributed by atoms with Crippen molar-refractivity contribution in [3.63, 3.8) is 0 Å². The van der Waals surface area contributed by atoms with E-state index in [-0.39, 0.29) is 0 Å². The van der Waals surface area contributed by atoms with Crippen LogP contribution in [0.5, 0.6) is 5.75 Å². The Morgan fingerprint density at radius 3 is 2.67 bits per heavy atom. The number of rotatable bonds is 4. The molecule has 0 bridgehead atoms. The summed E-state index contributed by atoms with van der Waals surface area (Å²) in [6, 6.07) is 8.85. The van der Waals surface area contributed by atoms with Crippen molar-refractivity contribution < 1.29 is 4.74 Å². The Morgan fingerprint density at radius 1 is 1.40 bits per heavy atom. The maximum absolute atomic E-state index is 5.31. The van der Waals surface area contributed by atoms with Crippen LogP contribution in [0.2, 0.25) is 0 Å². The summed E-state index contributed by atoms with van der Waals surface area (Å²) in [6.45, 7) is 5.50. The number of ether oxygens (including phenoxy) is 1. The average Bonchev–Trinajstić information content (AvgIpc) is 2.84. The summed E-state index contributed by atoms with van der Waals surface area (Å²) in [5.41, 5.74) is 1.73. The maximum Gasteiger partial charge on any atom is 0.123 e. The lowest BCUT2D eigenvalue weighted by Gasteiger charge is -2.10. The molecule has 0 amide bonds. The Bertz CT molecular complexity index is 346. The van der Waals surface area contributed by atoms with Crippen LogP contribution in [0.3, 0.4) is 0 Å². The number of nitrogens with one attached hydrogen (secondary N) is 1. The topological polar surface area (TPSA) is 21.3 Å². The first-order valence-corrected chi connectivity index (χ1v) is 5.49. The molecule has 1 saturated carbocycles. The molecule has 1 fully saturated rings. The fourth-order valence-corrected chi connectivity index (χ4v) is 1.90. The molecular weight excluding hydrogens is 186 g/mol. The van der Waals surface area contributed by atoms with Gasteiger partial charge in [0.2, 0.25) is 0 Å². The van der Waals surface area contributed by atoms with Crippen LogP contribution in [0, 0.1) is 5.41 Å². The summed E-state index contributed by atoms with van der Waals surface area (Å²) in [6.07, 6.45) is 1.28. The van der Waals surface area contributed by atoms with E-state index < -0.39 is 0 Å². The van der Waals surface area contributed by atoms with Gasteiger partial charge in [-0.2, -0.15) is 0 Å². The first kappa shape index (κ1) is 10.5. The van der Waals surface area contributed by atoms with E-state index >= 15 is 0 Å². The van der Waals surface area contributed by atoms with E-state index in [1.807, 2.05) is 12.1 Å².